The van der Waals surface area contributed by atoms with Gasteiger partial charge in [0.25, 0.3) is 0 Å². The van der Waals surface area contributed by atoms with Crippen molar-refractivity contribution in [3.8, 4) is 11.4 Å². The van der Waals surface area contributed by atoms with Crippen LogP contribution in [-0.4, -0.2) is 47.6 Å². The van der Waals surface area contributed by atoms with Gasteiger partial charge in [-0.1, -0.05) is 38.3 Å². The Hall–Kier alpha value is -2.37. The van der Waals surface area contributed by atoms with Gasteiger partial charge in [-0.05, 0) is 43.0 Å². The molecule has 1 amide bonds. The summed E-state index contributed by atoms with van der Waals surface area (Å²) in [5.41, 5.74) is 2.06. The Morgan fingerprint density at radius 1 is 1.14 bits per heavy atom. The maximum Gasteiger partial charge on any atom is 0.228 e. The number of aromatic nitrogens is 2. The van der Waals surface area contributed by atoms with Gasteiger partial charge in [-0.2, -0.15) is 4.98 Å². The number of carbonyl (C=O) groups is 1. The van der Waals surface area contributed by atoms with Gasteiger partial charge in [0.2, 0.25) is 17.6 Å². The summed E-state index contributed by atoms with van der Waals surface area (Å²) in [5, 5.41) is 4.14. The highest BCUT2D eigenvalue weighted by Gasteiger charge is 2.26. The predicted molar refractivity (Wildman–Crippen MR) is 116 cm³/mol. The SMILES string of the molecule is CC(C)CC(=O)N(CCc1nc(-c2ccc(N(C)C)cc2)no1)C1CCCCC1. The summed E-state index contributed by atoms with van der Waals surface area (Å²) in [7, 11) is 4.03. The second kappa shape index (κ2) is 9.90. The van der Waals surface area contributed by atoms with Gasteiger partial charge in [0.05, 0.1) is 0 Å². The van der Waals surface area contributed by atoms with Crippen molar-refractivity contribution in [2.45, 2.75) is 64.8 Å². The van der Waals surface area contributed by atoms with Crippen molar-refractivity contribution in [3.63, 3.8) is 0 Å². The molecule has 0 aliphatic heterocycles. The van der Waals surface area contributed by atoms with E-state index in [-0.39, 0.29) is 5.91 Å². The molecule has 0 radical (unpaired) electrons. The molecule has 0 unspecified atom stereocenters. The van der Waals surface area contributed by atoms with Crippen molar-refractivity contribution < 1.29 is 9.32 Å². The van der Waals surface area contributed by atoms with E-state index in [9.17, 15) is 4.79 Å². The first-order valence-corrected chi connectivity index (χ1v) is 10.8. The van der Waals surface area contributed by atoms with Gasteiger partial charge in [-0.25, -0.2) is 0 Å². The molecule has 0 bridgehead atoms. The lowest BCUT2D eigenvalue weighted by molar-refractivity contribution is -0.135. The Morgan fingerprint density at radius 3 is 2.45 bits per heavy atom. The highest BCUT2D eigenvalue weighted by Crippen LogP contribution is 2.25. The van der Waals surface area contributed by atoms with Crippen LogP contribution in [0.2, 0.25) is 0 Å². The van der Waals surface area contributed by atoms with Crippen molar-refractivity contribution in [3.05, 3.63) is 30.2 Å². The largest absolute Gasteiger partial charge is 0.378 e. The Morgan fingerprint density at radius 2 is 1.83 bits per heavy atom. The molecule has 0 saturated heterocycles. The summed E-state index contributed by atoms with van der Waals surface area (Å²) < 4.78 is 5.49. The summed E-state index contributed by atoms with van der Waals surface area (Å²) in [5.74, 6) is 1.82. The zero-order valence-corrected chi connectivity index (χ0v) is 18.2. The number of carbonyl (C=O) groups excluding carboxylic acids is 1. The van der Waals surface area contributed by atoms with Gasteiger partial charge in [0.1, 0.15) is 0 Å². The third-order valence-electron chi connectivity index (χ3n) is 5.60. The first-order valence-electron chi connectivity index (χ1n) is 10.8. The van der Waals surface area contributed by atoms with Crippen LogP contribution in [0.15, 0.2) is 28.8 Å². The first-order chi connectivity index (χ1) is 13.9. The Labute approximate surface area is 174 Å². The van der Waals surface area contributed by atoms with Crippen LogP contribution in [0.1, 0.15) is 58.3 Å². The molecule has 1 aliphatic rings. The molecule has 3 rings (SSSR count). The number of amides is 1. The summed E-state index contributed by atoms with van der Waals surface area (Å²) in [6, 6.07) is 8.45. The van der Waals surface area contributed by atoms with Gasteiger partial charge >= 0.3 is 0 Å². The average molecular weight is 399 g/mol. The van der Waals surface area contributed by atoms with E-state index in [0.29, 0.717) is 43.1 Å². The lowest BCUT2D eigenvalue weighted by Gasteiger charge is -2.34. The third kappa shape index (κ3) is 5.81. The second-order valence-corrected chi connectivity index (χ2v) is 8.68. The highest BCUT2D eigenvalue weighted by molar-refractivity contribution is 5.76. The molecule has 158 valence electrons. The number of hydrogen-bond acceptors (Lipinski definition) is 5. The van der Waals surface area contributed by atoms with E-state index in [1.807, 2.05) is 38.4 Å². The van der Waals surface area contributed by atoms with Crippen LogP contribution < -0.4 is 4.90 Å². The number of nitrogens with zero attached hydrogens (tertiary/aromatic N) is 4. The van der Waals surface area contributed by atoms with Gasteiger partial charge in [0, 0.05) is 50.8 Å². The van der Waals surface area contributed by atoms with E-state index < -0.39 is 0 Å². The van der Waals surface area contributed by atoms with Crippen LogP contribution in [0.25, 0.3) is 11.4 Å². The van der Waals surface area contributed by atoms with Gasteiger partial charge < -0.3 is 14.3 Å². The van der Waals surface area contributed by atoms with Gasteiger partial charge in [0.15, 0.2) is 0 Å². The van der Waals surface area contributed by atoms with Crippen LogP contribution in [0.4, 0.5) is 5.69 Å². The normalized spacial score (nSPS) is 14.9. The topological polar surface area (TPSA) is 62.5 Å². The maximum atomic E-state index is 12.8. The van der Waals surface area contributed by atoms with E-state index >= 15 is 0 Å². The molecule has 0 atom stereocenters. The summed E-state index contributed by atoms with van der Waals surface area (Å²) >= 11 is 0. The minimum Gasteiger partial charge on any atom is -0.378 e. The van der Waals surface area contributed by atoms with Crippen LogP contribution in [0, 0.1) is 5.92 Å². The van der Waals surface area contributed by atoms with E-state index in [1.54, 1.807) is 0 Å². The highest BCUT2D eigenvalue weighted by atomic mass is 16.5. The molecule has 1 heterocycles. The Balaban J connectivity index is 1.65. The molecule has 0 spiro atoms. The van der Waals surface area contributed by atoms with Crippen LogP contribution in [0.5, 0.6) is 0 Å². The van der Waals surface area contributed by atoms with E-state index in [0.717, 1.165) is 24.1 Å². The van der Waals surface area contributed by atoms with E-state index in [1.165, 1.54) is 19.3 Å². The summed E-state index contributed by atoms with van der Waals surface area (Å²) in [6.07, 6.45) is 7.12. The molecule has 6 heteroatoms. The Kier molecular flexibility index (Phi) is 7.29. The van der Waals surface area contributed by atoms with Crippen LogP contribution >= 0.6 is 0 Å². The molecule has 2 aromatic rings. The minimum absolute atomic E-state index is 0.255. The van der Waals surface area contributed by atoms with Crippen molar-refractivity contribution in [1.82, 2.24) is 15.0 Å². The zero-order valence-electron chi connectivity index (χ0n) is 18.2. The number of rotatable bonds is 8. The molecule has 6 nitrogen and oxygen atoms in total. The molecule has 1 aromatic heterocycles. The minimum atomic E-state index is 0.255. The molecule has 1 saturated carbocycles. The van der Waals surface area contributed by atoms with Gasteiger partial charge in [-0.15, -0.1) is 0 Å². The first kappa shape index (κ1) is 21.3. The molecular weight excluding hydrogens is 364 g/mol. The van der Waals surface area contributed by atoms with Gasteiger partial charge in [-0.3, -0.25) is 4.79 Å². The lowest BCUT2D eigenvalue weighted by atomic mass is 9.93. The summed E-state index contributed by atoms with van der Waals surface area (Å²) in [6.45, 7) is 4.85. The van der Waals surface area contributed by atoms with Crippen molar-refractivity contribution in [1.29, 1.82) is 0 Å². The van der Waals surface area contributed by atoms with E-state index in [2.05, 4.69) is 33.8 Å². The standard InChI is InChI=1S/C23H34N4O2/c1-17(2)16-22(28)27(20-8-6-5-7-9-20)15-14-21-24-23(25-29-21)18-10-12-19(13-11-18)26(3)4/h10-13,17,20H,5-9,14-16H2,1-4H3. The smallest absolute Gasteiger partial charge is 0.228 e. The van der Waals surface area contributed by atoms with Crippen molar-refractivity contribution in [2.24, 2.45) is 5.92 Å². The fraction of sp³-hybridized carbons (Fsp3) is 0.609. The molecule has 1 fully saturated rings. The maximum absolute atomic E-state index is 12.8. The molecule has 0 N–H and O–H groups in total. The molecule has 1 aliphatic carbocycles. The van der Waals surface area contributed by atoms with E-state index in [4.69, 9.17) is 4.52 Å². The summed E-state index contributed by atoms with van der Waals surface area (Å²) in [4.78, 5) is 21.5. The second-order valence-electron chi connectivity index (χ2n) is 8.68. The molecular formula is C23H34N4O2. The lowest BCUT2D eigenvalue weighted by Crippen LogP contribution is -2.43. The fourth-order valence-corrected chi connectivity index (χ4v) is 3.97. The van der Waals surface area contributed by atoms with Crippen LogP contribution in [-0.2, 0) is 11.2 Å². The zero-order chi connectivity index (χ0) is 20.8. The third-order valence-corrected chi connectivity index (χ3v) is 5.60. The number of hydrogen-bond donors (Lipinski definition) is 0. The monoisotopic (exact) mass is 398 g/mol. The molecule has 1 aromatic carbocycles. The number of anilines is 1. The quantitative estimate of drug-likeness (QED) is 0.653. The Bertz CT molecular complexity index is 776. The molecule has 29 heavy (non-hydrogen) atoms. The average Bonchev–Trinajstić information content (AvgIpc) is 3.17. The van der Waals surface area contributed by atoms with Crippen molar-refractivity contribution >= 4 is 11.6 Å². The number of benzene rings is 1. The van der Waals surface area contributed by atoms with Crippen LogP contribution in [0.3, 0.4) is 0 Å². The van der Waals surface area contributed by atoms with Crippen molar-refractivity contribution in [2.75, 3.05) is 25.5 Å². The predicted octanol–water partition coefficient (Wildman–Crippen LogP) is 4.55. The fourth-order valence-electron chi connectivity index (χ4n) is 3.97.